The molecule has 106 valence electrons. The molecule has 0 bridgehead atoms. The van der Waals surface area contributed by atoms with Crippen molar-refractivity contribution in [1.82, 2.24) is 9.78 Å². The molecule has 1 atom stereocenters. The summed E-state index contributed by atoms with van der Waals surface area (Å²) < 4.78 is 7.56. The van der Waals surface area contributed by atoms with Crippen LogP contribution in [0.1, 0.15) is 31.1 Å². The van der Waals surface area contributed by atoms with Crippen LogP contribution in [0.3, 0.4) is 0 Å². The summed E-state index contributed by atoms with van der Waals surface area (Å²) in [6.45, 7) is 0.805. The van der Waals surface area contributed by atoms with Gasteiger partial charge >= 0.3 is 0 Å². The molecule has 5 heteroatoms. The first-order valence-corrected chi connectivity index (χ1v) is 7.71. The van der Waals surface area contributed by atoms with Gasteiger partial charge in [-0.1, -0.05) is 30.3 Å². The van der Waals surface area contributed by atoms with Gasteiger partial charge in [0.15, 0.2) is 0 Å². The summed E-state index contributed by atoms with van der Waals surface area (Å²) in [5.74, 6) is 0. The van der Waals surface area contributed by atoms with Crippen LogP contribution in [0.15, 0.2) is 47.6 Å². The number of hydrogen-bond donors (Lipinski definition) is 2. The molecule has 2 aromatic rings. The molecule has 4 nitrogen and oxygen atoms in total. The first-order valence-electron chi connectivity index (χ1n) is 6.82. The van der Waals surface area contributed by atoms with Crippen molar-refractivity contribution in [2.75, 3.05) is 6.61 Å². The SMILES string of the molecule is OC(=[SH]c1cnn(C2CCCCO2)c1)c1ccccc1. The molecule has 1 aliphatic rings. The number of thiol groups is 1. The second kappa shape index (κ2) is 6.35. The van der Waals surface area contributed by atoms with Gasteiger partial charge in [0.1, 0.15) is 11.3 Å². The van der Waals surface area contributed by atoms with Crippen LogP contribution < -0.4 is 0 Å². The van der Waals surface area contributed by atoms with Crippen molar-refractivity contribution >= 4 is 16.4 Å². The molecule has 1 aliphatic heterocycles. The van der Waals surface area contributed by atoms with Gasteiger partial charge in [-0.2, -0.15) is 5.10 Å². The van der Waals surface area contributed by atoms with Gasteiger partial charge in [0.25, 0.3) is 0 Å². The summed E-state index contributed by atoms with van der Waals surface area (Å²) in [6, 6.07) is 9.57. The van der Waals surface area contributed by atoms with Gasteiger partial charge in [-0.05, 0) is 19.3 Å². The first-order chi connectivity index (χ1) is 9.83. The Hall–Kier alpha value is -1.43. The zero-order chi connectivity index (χ0) is 13.8. The molecule has 3 rings (SSSR count). The predicted molar refractivity (Wildman–Crippen MR) is 81.5 cm³/mol. The van der Waals surface area contributed by atoms with E-state index in [-0.39, 0.29) is 6.23 Å². The van der Waals surface area contributed by atoms with Crippen molar-refractivity contribution in [2.24, 2.45) is 0 Å². The fourth-order valence-corrected chi connectivity index (χ4v) is 3.06. The maximum atomic E-state index is 10.1. The van der Waals surface area contributed by atoms with Crippen LogP contribution in [0.25, 0.3) is 0 Å². The second-order valence-corrected chi connectivity index (χ2v) is 5.96. The van der Waals surface area contributed by atoms with E-state index in [0.717, 1.165) is 41.3 Å². The van der Waals surface area contributed by atoms with Gasteiger partial charge in [0, 0.05) is 23.3 Å². The van der Waals surface area contributed by atoms with Crippen molar-refractivity contribution in [3.05, 3.63) is 48.3 Å². The fraction of sp³-hybridized carbons (Fsp3) is 0.333. The Morgan fingerprint density at radius 1 is 1.30 bits per heavy atom. The van der Waals surface area contributed by atoms with Gasteiger partial charge in [0.05, 0.1) is 6.20 Å². The van der Waals surface area contributed by atoms with Crippen LogP contribution in [0.5, 0.6) is 0 Å². The van der Waals surface area contributed by atoms with E-state index in [1.54, 1.807) is 6.20 Å². The summed E-state index contributed by atoms with van der Waals surface area (Å²) in [4.78, 5) is 0.973. The number of nitrogens with zero attached hydrogens (tertiary/aromatic N) is 2. The highest BCUT2D eigenvalue weighted by atomic mass is 32.1. The van der Waals surface area contributed by atoms with Gasteiger partial charge in [-0.25, -0.2) is 4.68 Å². The highest BCUT2D eigenvalue weighted by Crippen LogP contribution is 2.23. The fourth-order valence-electron chi connectivity index (χ4n) is 2.25. The zero-order valence-corrected chi connectivity index (χ0v) is 12.0. The van der Waals surface area contributed by atoms with Crippen molar-refractivity contribution in [2.45, 2.75) is 30.4 Å². The smallest absolute Gasteiger partial charge is 0.150 e. The molecular weight excluding hydrogens is 272 g/mol. The van der Waals surface area contributed by atoms with E-state index in [0.29, 0.717) is 5.05 Å². The quantitative estimate of drug-likeness (QED) is 0.674. The molecule has 1 unspecified atom stereocenters. The molecule has 0 radical (unpaired) electrons. The predicted octanol–water partition coefficient (Wildman–Crippen LogP) is 3.14. The van der Waals surface area contributed by atoms with Gasteiger partial charge in [-0.15, -0.1) is 11.4 Å². The van der Waals surface area contributed by atoms with E-state index in [9.17, 15) is 5.11 Å². The van der Waals surface area contributed by atoms with E-state index in [4.69, 9.17) is 4.74 Å². The lowest BCUT2D eigenvalue weighted by atomic mass is 10.2. The summed E-state index contributed by atoms with van der Waals surface area (Å²) >= 11 is 0.769. The molecule has 0 aliphatic carbocycles. The van der Waals surface area contributed by atoms with Crippen LogP contribution in [0, 0.1) is 0 Å². The normalized spacial score (nSPS) is 20.4. The van der Waals surface area contributed by atoms with Gasteiger partial charge < -0.3 is 9.84 Å². The highest BCUT2D eigenvalue weighted by Gasteiger charge is 2.16. The van der Waals surface area contributed by atoms with Crippen molar-refractivity contribution in [3.8, 4) is 0 Å². The first kappa shape index (κ1) is 13.5. The largest absolute Gasteiger partial charge is 0.357 e. The molecular formula is C15H18N2O2S. The number of ether oxygens (including phenoxy) is 1. The number of aromatic nitrogens is 2. The molecule has 2 heterocycles. The Morgan fingerprint density at radius 2 is 2.15 bits per heavy atom. The molecule has 1 saturated heterocycles. The van der Waals surface area contributed by atoms with E-state index < -0.39 is 0 Å². The minimum Gasteiger partial charge on any atom is -0.357 e. The van der Waals surface area contributed by atoms with Crippen LogP contribution in [0.4, 0.5) is 0 Å². The monoisotopic (exact) mass is 290 g/mol. The Morgan fingerprint density at radius 3 is 2.90 bits per heavy atom. The Kier molecular flexibility index (Phi) is 4.30. The van der Waals surface area contributed by atoms with Crippen molar-refractivity contribution in [1.29, 1.82) is 0 Å². The molecule has 1 N–H and O–H groups in total. The van der Waals surface area contributed by atoms with Crippen molar-refractivity contribution in [3.63, 3.8) is 0 Å². The second-order valence-electron chi connectivity index (χ2n) is 4.80. The average molecular weight is 290 g/mol. The van der Waals surface area contributed by atoms with E-state index >= 15 is 0 Å². The summed E-state index contributed by atoms with van der Waals surface area (Å²) in [7, 11) is 0. The average Bonchev–Trinajstić information content (AvgIpc) is 2.97. The minimum atomic E-state index is 0.0477. The Bertz CT molecular complexity index is 589. The lowest BCUT2D eigenvalue weighted by Crippen LogP contribution is -2.18. The number of hydrogen-bond acceptors (Lipinski definition) is 2. The number of aliphatic hydroxyl groups is 1. The Balaban J connectivity index is 1.76. The van der Waals surface area contributed by atoms with Crippen LogP contribution in [0.2, 0.25) is 0 Å². The lowest BCUT2D eigenvalue weighted by Gasteiger charge is -2.22. The molecule has 1 aromatic carbocycles. The molecule has 1 aromatic heterocycles. The van der Waals surface area contributed by atoms with E-state index in [1.165, 1.54) is 6.42 Å². The summed E-state index contributed by atoms with van der Waals surface area (Å²) in [6.07, 6.45) is 7.11. The Labute approximate surface area is 122 Å². The number of benzene rings is 1. The van der Waals surface area contributed by atoms with E-state index in [2.05, 4.69) is 5.10 Å². The maximum Gasteiger partial charge on any atom is 0.150 e. The zero-order valence-electron chi connectivity index (χ0n) is 11.1. The lowest BCUT2D eigenvalue weighted by molar-refractivity contribution is -0.0396. The van der Waals surface area contributed by atoms with E-state index in [1.807, 2.05) is 41.2 Å². The third kappa shape index (κ3) is 3.17. The molecule has 1 fully saturated rings. The maximum absolute atomic E-state index is 10.1. The van der Waals surface area contributed by atoms with Gasteiger partial charge in [-0.3, -0.25) is 0 Å². The molecule has 0 spiro atoms. The number of aliphatic hydroxyl groups excluding tert-OH is 1. The third-order valence-electron chi connectivity index (χ3n) is 3.31. The summed E-state index contributed by atoms with van der Waals surface area (Å²) in [5.41, 5.74) is 0.843. The molecule has 0 saturated carbocycles. The minimum absolute atomic E-state index is 0.0477. The third-order valence-corrected chi connectivity index (χ3v) is 4.26. The van der Waals surface area contributed by atoms with Crippen LogP contribution in [-0.2, 0) is 4.74 Å². The van der Waals surface area contributed by atoms with Crippen LogP contribution >= 0.6 is 11.4 Å². The van der Waals surface area contributed by atoms with Crippen molar-refractivity contribution < 1.29 is 9.84 Å². The molecule has 20 heavy (non-hydrogen) atoms. The molecule has 0 amide bonds. The van der Waals surface area contributed by atoms with Gasteiger partial charge in [0.2, 0.25) is 0 Å². The standard InChI is InChI=1S/C15H18N2O2S/c18-15(12-6-2-1-3-7-12)20-13-10-16-17(11-13)14-8-4-5-9-19-14/h1-3,6-7,10-11,14,18,20H,4-5,8-9H2. The number of rotatable bonds is 3. The highest BCUT2D eigenvalue weighted by molar-refractivity contribution is 7.98. The topological polar surface area (TPSA) is 47.3 Å². The summed E-state index contributed by atoms with van der Waals surface area (Å²) in [5, 5.41) is 14.8. The van der Waals surface area contributed by atoms with Crippen LogP contribution in [-0.4, -0.2) is 26.5 Å².